The second kappa shape index (κ2) is 22.7. The summed E-state index contributed by atoms with van der Waals surface area (Å²) < 4.78 is 74.8. The number of nitrogens with one attached hydrogen (secondary N) is 2. The summed E-state index contributed by atoms with van der Waals surface area (Å²) >= 11 is 0. The lowest BCUT2D eigenvalue weighted by Gasteiger charge is -2.08. The summed E-state index contributed by atoms with van der Waals surface area (Å²) in [7, 11) is 0. The van der Waals surface area contributed by atoms with Crippen molar-refractivity contribution in [1.29, 1.82) is 0 Å². The minimum Gasteiger partial charge on any atom is -0.465 e. The lowest BCUT2D eigenvalue weighted by molar-refractivity contribution is -0.142. The summed E-state index contributed by atoms with van der Waals surface area (Å²) in [6, 6.07) is 19.5. The van der Waals surface area contributed by atoms with Crippen LogP contribution in [0.1, 0.15) is 36.8 Å². The summed E-state index contributed by atoms with van der Waals surface area (Å²) in [5.74, 6) is -1.93. The monoisotopic (exact) mass is 909 g/mol. The minimum atomic E-state index is -0.620. The molecule has 22 heteroatoms. The zero-order valence-corrected chi connectivity index (χ0v) is 35.2. The molecule has 0 bridgehead atoms. The van der Waals surface area contributed by atoms with Crippen LogP contribution < -0.4 is 16.4 Å². The van der Waals surface area contributed by atoms with E-state index >= 15 is 0 Å². The second-order valence-electron chi connectivity index (χ2n) is 14.3. The van der Waals surface area contributed by atoms with Crippen LogP contribution in [0.4, 0.5) is 29.2 Å². The van der Waals surface area contributed by atoms with Crippen molar-refractivity contribution >= 4 is 17.6 Å². The third-order valence-corrected chi connectivity index (χ3v) is 9.63. The molecule has 0 aliphatic heterocycles. The molecule has 8 aromatic rings. The molecule has 0 atom stereocenters. The fraction of sp³-hybridized carbons (Fsp3) is 0.250. The van der Waals surface area contributed by atoms with E-state index < -0.39 is 17.6 Å². The largest absolute Gasteiger partial charge is 0.465 e. The van der Waals surface area contributed by atoms with Gasteiger partial charge in [-0.05, 0) is 49.9 Å². The van der Waals surface area contributed by atoms with Gasteiger partial charge in [-0.1, -0.05) is 46.7 Å². The van der Waals surface area contributed by atoms with Crippen molar-refractivity contribution in [2.24, 2.45) is 5.73 Å². The normalized spacial score (nSPS) is 11.0. The van der Waals surface area contributed by atoms with Crippen molar-refractivity contribution in [1.82, 2.24) is 49.8 Å². The van der Waals surface area contributed by atoms with Crippen molar-refractivity contribution in [3.63, 3.8) is 0 Å². The highest BCUT2D eigenvalue weighted by molar-refractivity contribution is 5.71. The van der Waals surface area contributed by atoms with Crippen LogP contribution in [0.5, 0.6) is 0 Å². The lowest BCUT2D eigenvalue weighted by Crippen LogP contribution is -2.17. The number of unbranched alkanes of at least 4 members (excludes halogenated alkanes) is 2. The Kier molecular flexibility index (Phi) is 15.9. The number of rotatable bonds is 20. The third kappa shape index (κ3) is 12.0. The lowest BCUT2D eigenvalue weighted by atomic mass is 10.2. The van der Waals surface area contributed by atoms with Crippen LogP contribution in [0.25, 0.3) is 45.8 Å². The number of carbonyl (C=O) groups excluding carboxylic acids is 1. The fourth-order valence-electron chi connectivity index (χ4n) is 6.32. The Morgan fingerprint density at radius 2 is 1.14 bits per heavy atom. The smallest absolute Gasteiger partial charge is 0.319 e. The van der Waals surface area contributed by atoms with Gasteiger partial charge in [-0.15, -0.1) is 0 Å². The molecule has 0 saturated carbocycles. The van der Waals surface area contributed by atoms with E-state index in [1.54, 1.807) is 70.0 Å². The van der Waals surface area contributed by atoms with Crippen molar-refractivity contribution in [2.45, 2.75) is 38.8 Å². The average molecular weight is 910 g/mol. The van der Waals surface area contributed by atoms with Crippen molar-refractivity contribution < 1.29 is 41.2 Å². The van der Waals surface area contributed by atoms with E-state index in [0.29, 0.717) is 84.1 Å². The summed E-state index contributed by atoms with van der Waals surface area (Å²) in [4.78, 5) is 27.7. The van der Waals surface area contributed by atoms with Crippen LogP contribution >= 0.6 is 0 Å². The molecule has 0 spiro atoms. The molecule has 18 nitrogen and oxygen atoms in total. The maximum atomic E-state index is 14.3. The molecule has 0 amide bonds. The Morgan fingerprint density at radius 3 is 1.58 bits per heavy atom. The first-order valence-electron chi connectivity index (χ1n) is 20.6. The number of anilines is 2. The van der Waals surface area contributed by atoms with E-state index in [1.807, 2.05) is 0 Å². The summed E-state index contributed by atoms with van der Waals surface area (Å²) in [5.41, 5.74) is 8.96. The van der Waals surface area contributed by atoms with Crippen molar-refractivity contribution in [3.05, 3.63) is 132 Å². The van der Waals surface area contributed by atoms with Gasteiger partial charge in [-0.3, -0.25) is 14.2 Å². The number of aromatic nitrogens is 10. The zero-order valence-electron chi connectivity index (χ0n) is 35.2. The van der Waals surface area contributed by atoms with Gasteiger partial charge < -0.3 is 35.3 Å². The first-order valence-corrected chi connectivity index (χ1v) is 20.6. The standard InChI is InChI=1S/C23H23F2N7O3.C21H20F2N6O2/c24-16-6-2-1-5-15(16)14-32-20(18-7-10-35-31-18)11-19(30-32)23-28-13-17(25)22(29-23)27-8-3-4-9-34-21(33)12-26;22-15-6-2-1-5-14(15)13-29-19(17-7-10-31-28-17)11-18(27-29)21-25-12-16(23)20(26-21)24-8-3-4-9-30/h1-2,5-7,10-11,13H,3-4,8-9,12,14,26H2,(H,27,28,29);1-2,5-7,10-12,30H,3-4,8-9,13H2,(H,24,25,26). The number of carbonyl (C=O) groups is 1. The molecule has 0 unspecified atom stereocenters. The number of hydrogen-bond acceptors (Lipinski definition) is 16. The van der Waals surface area contributed by atoms with E-state index in [1.165, 1.54) is 24.7 Å². The van der Waals surface area contributed by atoms with Crippen LogP contribution in [-0.4, -0.2) is 93.7 Å². The predicted octanol–water partition coefficient (Wildman–Crippen LogP) is 6.52. The number of nitrogens with two attached hydrogens (primary N) is 1. The second-order valence-corrected chi connectivity index (χ2v) is 14.3. The molecule has 2 aromatic carbocycles. The molecule has 0 aliphatic carbocycles. The van der Waals surface area contributed by atoms with Gasteiger partial charge in [-0.2, -0.15) is 10.2 Å². The van der Waals surface area contributed by atoms with Crippen LogP contribution in [0, 0.1) is 23.3 Å². The number of ether oxygens (including phenoxy) is 1. The van der Waals surface area contributed by atoms with Crippen LogP contribution in [-0.2, 0) is 22.6 Å². The topological polar surface area (TPSA) is 236 Å². The first kappa shape index (κ1) is 46.2. The van der Waals surface area contributed by atoms with Crippen molar-refractivity contribution in [2.75, 3.05) is 43.5 Å². The van der Waals surface area contributed by atoms with E-state index in [4.69, 9.17) is 24.6 Å². The number of aliphatic hydroxyl groups is 1. The van der Waals surface area contributed by atoms with Crippen molar-refractivity contribution in [3.8, 4) is 45.8 Å². The average Bonchev–Trinajstić information content (AvgIpc) is 4.18. The van der Waals surface area contributed by atoms with Gasteiger partial charge in [0.25, 0.3) is 0 Å². The molecule has 0 fully saturated rings. The molecule has 0 aliphatic rings. The molecule has 5 N–H and O–H groups in total. The Hall–Kier alpha value is -7.85. The van der Waals surface area contributed by atoms with Gasteiger partial charge >= 0.3 is 5.97 Å². The molecule has 342 valence electrons. The number of hydrogen-bond donors (Lipinski definition) is 4. The molecule has 0 saturated heterocycles. The fourth-order valence-corrected chi connectivity index (χ4v) is 6.32. The third-order valence-electron chi connectivity index (χ3n) is 9.63. The number of benzene rings is 2. The van der Waals surface area contributed by atoms with E-state index in [9.17, 15) is 22.4 Å². The van der Waals surface area contributed by atoms with Crippen LogP contribution in [0.15, 0.2) is 107 Å². The molecule has 6 heterocycles. The Labute approximate surface area is 373 Å². The molecule has 66 heavy (non-hydrogen) atoms. The quantitative estimate of drug-likeness (QED) is 0.0362. The van der Waals surface area contributed by atoms with Gasteiger partial charge in [-0.25, -0.2) is 37.5 Å². The molecule has 6 aromatic heterocycles. The number of halogens is 4. The first-order chi connectivity index (χ1) is 32.2. The SMILES string of the molecule is NCC(=O)OCCCCNc1nc(-c2cc(-c3ccon3)n(Cc3ccccc3F)n2)ncc1F.OCCCCNc1nc(-c2cc(-c3ccon3)n(Cc3ccccc3F)n2)ncc1F. The minimum absolute atomic E-state index is 0.0144. The zero-order chi connectivity index (χ0) is 46.3. The van der Waals surface area contributed by atoms with Gasteiger partial charge in [0.05, 0.1) is 50.0 Å². The highest BCUT2D eigenvalue weighted by atomic mass is 19.1. The predicted molar refractivity (Wildman–Crippen MR) is 231 cm³/mol. The molecule has 0 radical (unpaired) electrons. The summed E-state index contributed by atoms with van der Waals surface area (Å²) in [6.07, 6.45) is 7.45. The highest BCUT2D eigenvalue weighted by Gasteiger charge is 2.20. The maximum absolute atomic E-state index is 14.3. The number of esters is 1. The van der Waals surface area contributed by atoms with Gasteiger partial charge in [0, 0.05) is 43.0 Å². The van der Waals surface area contributed by atoms with Crippen LogP contribution in [0.2, 0.25) is 0 Å². The van der Waals surface area contributed by atoms with E-state index in [-0.39, 0.29) is 67.8 Å². The van der Waals surface area contributed by atoms with E-state index in [2.05, 4.69) is 51.1 Å². The molecule has 8 rings (SSSR count). The van der Waals surface area contributed by atoms with E-state index in [0.717, 1.165) is 12.4 Å². The van der Waals surface area contributed by atoms with Gasteiger partial charge in [0.1, 0.15) is 46.9 Å². The van der Waals surface area contributed by atoms with Gasteiger partial charge in [0.2, 0.25) is 0 Å². The Balaban J connectivity index is 0.000000198. The molecular weight excluding hydrogens is 867 g/mol. The number of nitrogens with zero attached hydrogens (tertiary/aromatic N) is 10. The highest BCUT2D eigenvalue weighted by Crippen LogP contribution is 2.28. The summed E-state index contributed by atoms with van der Waals surface area (Å²) in [6.45, 7) is 1.29. The Bertz CT molecular complexity index is 2800. The number of aliphatic hydroxyl groups excluding tert-OH is 1. The molecular formula is C44H43F4N13O5. The Morgan fingerprint density at radius 1 is 0.652 bits per heavy atom. The van der Waals surface area contributed by atoms with Crippen LogP contribution in [0.3, 0.4) is 0 Å². The summed E-state index contributed by atoms with van der Waals surface area (Å²) in [5, 5.41) is 31.6. The maximum Gasteiger partial charge on any atom is 0.319 e. The van der Waals surface area contributed by atoms with Gasteiger partial charge in [0.15, 0.2) is 34.9 Å².